The highest BCUT2D eigenvalue weighted by Crippen LogP contribution is 2.36. The molecule has 1 N–H and O–H groups in total. The Morgan fingerprint density at radius 1 is 1.13 bits per heavy atom. The quantitative estimate of drug-likeness (QED) is 0.776. The molecule has 0 aromatic heterocycles. The van der Waals surface area contributed by atoms with E-state index in [1.807, 2.05) is 48.5 Å². The maximum atomic E-state index is 10.8. The van der Waals surface area contributed by atoms with Crippen molar-refractivity contribution in [3.8, 4) is 5.75 Å². The molecule has 0 heterocycles. The van der Waals surface area contributed by atoms with Crippen molar-refractivity contribution in [2.24, 2.45) is 0 Å². The fourth-order valence-electron chi connectivity index (χ4n) is 3.00. The van der Waals surface area contributed by atoms with Gasteiger partial charge in [-0.2, -0.15) is 0 Å². The third-order valence-corrected chi connectivity index (χ3v) is 4.76. The van der Waals surface area contributed by atoms with Gasteiger partial charge < -0.3 is 10.1 Å². The van der Waals surface area contributed by atoms with Gasteiger partial charge >= 0.3 is 0 Å². The summed E-state index contributed by atoms with van der Waals surface area (Å²) >= 11 is 6.25. The predicted octanol–water partition coefficient (Wildman–Crippen LogP) is 4.13. The lowest BCUT2D eigenvalue weighted by atomic mass is 9.73. The van der Waals surface area contributed by atoms with Gasteiger partial charge in [-0.15, -0.1) is 0 Å². The zero-order valence-corrected chi connectivity index (χ0v) is 13.7. The molecule has 2 aromatic carbocycles. The number of hydrogen-bond acceptors (Lipinski definition) is 2. The predicted molar refractivity (Wildman–Crippen MR) is 91.7 cm³/mol. The van der Waals surface area contributed by atoms with Gasteiger partial charge in [0.25, 0.3) is 0 Å². The summed E-state index contributed by atoms with van der Waals surface area (Å²) < 4.78 is 5.87. The Bertz CT molecular complexity index is 668. The highest BCUT2D eigenvalue weighted by Gasteiger charge is 2.36. The number of hydrogen-bond donors (Lipinski definition) is 1. The van der Waals surface area contributed by atoms with Crippen LogP contribution in [0.3, 0.4) is 0 Å². The molecule has 23 heavy (non-hydrogen) atoms. The molecular weight excluding hydrogens is 310 g/mol. The van der Waals surface area contributed by atoms with Crippen LogP contribution >= 0.6 is 11.6 Å². The van der Waals surface area contributed by atoms with E-state index in [0.29, 0.717) is 17.4 Å². The summed E-state index contributed by atoms with van der Waals surface area (Å²) in [5, 5.41) is 3.59. The zero-order chi connectivity index (χ0) is 16.1. The fraction of sp³-hybridized carbons (Fsp3) is 0.316. The topological polar surface area (TPSA) is 38.3 Å². The Balaban J connectivity index is 1.70. The van der Waals surface area contributed by atoms with Crippen LogP contribution in [0, 0.1) is 0 Å². The van der Waals surface area contributed by atoms with Gasteiger partial charge in [0.05, 0.1) is 5.02 Å². The zero-order valence-electron chi connectivity index (χ0n) is 12.9. The minimum Gasteiger partial charge on any atom is -0.487 e. The molecule has 120 valence electrons. The molecule has 0 atom stereocenters. The molecule has 0 aliphatic heterocycles. The molecule has 2 aromatic rings. The van der Waals surface area contributed by atoms with Crippen molar-refractivity contribution in [2.75, 3.05) is 0 Å². The summed E-state index contributed by atoms with van der Waals surface area (Å²) in [5.41, 5.74) is 2.14. The van der Waals surface area contributed by atoms with E-state index in [9.17, 15) is 4.79 Å². The molecule has 4 heteroatoms. The Labute approximate surface area is 141 Å². The molecule has 1 fully saturated rings. The van der Waals surface area contributed by atoms with Gasteiger partial charge in [-0.05, 0) is 48.9 Å². The van der Waals surface area contributed by atoms with E-state index in [1.165, 1.54) is 0 Å². The van der Waals surface area contributed by atoms with Crippen molar-refractivity contribution >= 4 is 18.0 Å². The van der Waals surface area contributed by atoms with Gasteiger partial charge in [0.2, 0.25) is 6.41 Å². The molecule has 1 aliphatic carbocycles. The van der Waals surface area contributed by atoms with Crippen molar-refractivity contribution in [1.29, 1.82) is 0 Å². The summed E-state index contributed by atoms with van der Waals surface area (Å²) in [5.74, 6) is 0.689. The van der Waals surface area contributed by atoms with E-state index < -0.39 is 0 Å². The average molecular weight is 330 g/mol. The Hall–Kier alpha value is -2.00. The summed E-state index contributed by atoms with van der Waals surface area (Å²) in [6.45, 7) is 0.488. The summed E-state index contributed by atoms with van der Waals surface area (Å²) in [4.78, 5) is 10.8. The van der Waals surface area contributed by atoms with E-state index in [1.54, 1.807) is 0 Å². The molecule has 1 amide bonds. The van der Waals surface area contributed by atoms with Gasteiger partial charge in [0.15, 0.2) is 0 Å². The van der Waals surface area contributed by atoms with Crippen LogP contribution in [-0.4, -0.2) is 11.9 Å². The Morgan fingerprint density at radius 3 is 2.57 bits per heavy atom. The highest BCUT2D eigenvalue weighted by molar-refractivity contribution is 6.32. The number of carbonyl (C=O) groups excluding carboxylic acids is 1. The van der Waals surface area contributed by atoms with Crippen molar-refractivity contribution in [3.05, 3.63) is 64.7 Å². The highest BCUT2D eigenvalue weighted by atomic mass is 35.5. The monoisotopic (exact) mass is 329 g/mol. The van der Waals surface area contributed by atoms with E-state index in [0.717, 1.165) is 43.2 Å². The van der Waals surface area contributed by atoms with Crippen molar-refractivity contribution < 1.29 is 9.53 Å². The maximum absolute atomic E-state index is 10.8. The molecule has 3 rings (SSSR count). The smallest absolute Gasteiger partial charge is 0.207 e. The minimum atomic E-state index is -0.0910. The van der Waals surface area contributed by atoms with Gasteiger partial charge in [-0.1, -0.05) is 48.0 Å². The molecule has 0 saturated heterocycles. The van der Waals surface area contributed by atoms with Crippen molar-refractivity contribution in [2.45, 2.75) is 37.8 Å². The fourth-order valence-corrected chi connectivity index (χ4v) is 3.17. The lowest BCUT2D eigenvalue weighted by Gasteiger charge is -2.41. The van der Waals surface area contributed by atoms with E-state index >= 15 is 0 Å². The number of rotatable bonds is 7. The third kappa shape index (κ3) is 3.85. The van der Waals surface area contributed by atoms with E-state index in [-0.39, 0.29) is 5.54 Å². The number of ether oxygens (including phenoxy) is 1. The number of nitrogens with one attached hydrogen (secondary N) is 1. The standard InChI is InChI=1S/C19H20ClNO2/c20-17-8-7-16(12-19(21-14-22)9-4-10-19)11-18(17)23-13-15-5-2-1-3-6-15/h1-3,5-8,11,14H,4,9-10,12-13H2,(H,21,22). The van der Waals surface area contributed by atoms with Crippen LogP contribution in [0.1, 0.15) is 30.4 Å². The number of amides is 1. The number of benzene rings is 2. The molecule has 1 aliphatic rings. The van der Waals surface area contributed by atoms with Crippen molar-refractivity contribution in [3.63, 3.8) is 0 Å². The molecule has 0 radical (unpaired) electrons. The lowest BCUT2D eigenvalue weighted by Crippen LogP contribution is -2.52. The van der Waals surface area contributed by atoms with Crippen LogP contribution in [-0.2, 0) is 17.8 Å². The summed E-state index contributed by atoms with van der Waals surface area (Å²) in [7, 11) is 0. The van der Waals surface area contributed by atoms with Crippen LogP contribution < -0.4 is 10.1 Å². The van der Waals surface area contributed by atoms with Crippen molar-refractivity contribution in [1.82, 2.24) is 5.32 Å². The van der Waals surface area contributed by atoms with E-state index in [2.05, 4.69) is 5.32 Å². The molecule has 0 unspecified atom stereocenters. The van der Waals surface area contributed by atoms with Gasteiger partial charge in [-0.25, -0.2) is 0 Å². The molecule has 0 bridgehead atoms. The first-order valence-corrected chi connectivity index (χ1v) is 8.25. The third-order valence-electron chi connectivity index (χ3n) is 4.45. The largest absolute Gasteiger partial charge is 0.487 e. The number of carbonyl (C=O) groups is 1. The second kappa shape index (κ2) is 7.05. The SMILES string of the molecule is O=CNC1(Cc2ccc(Cl)c(OCc3ccccc3)c2)CCC1. The minimum absolute atomic E-state index is 0.0910. The summed E-state index contributed by atoms with van der Waals surface area (Å²) in [6.07, 6.45) is 4.82. The van der Waals surface area contributed by atoms with Crippen LogP contribution in [0.4, 0.5) is 0 Å². The van der Waals surface area contributed by atoms with Gasteiger partial charge in [0.1, 0.15) is 12.4 Å². The summed E-state index contributed by atoms with van der Waals surface area (Å²) in [6, 6.07) is 15.9. The maximum Gasteiger partial charge on any atom is 0.207 e. The van der Waals surface area contributed by atoms with Gasteiger partial charge in [-0.3, -0.25) is 4.79 Å². The first-order valence-electron chi connectivity index (χ1n) is 7.87. The first kappa shape index (κ1) is 15.9. The number of halogens is 1. The van der Waals surface area contributed by atoms with Gasteiger partial charge in [0, 0.05) is 5.54 Å². The molecule has 0 spiro atoms. The average Bonchev–Trinajstić information content (AvgIpc) is 2.54. The van der Waals surface area contributed by atoms with Crippen LogP contribution in [0.15, 0.2) is 48.5 Å². The lowest BCUT2D eigenvalue weighted by molar-refractivity contribution is -0.112. The Morgan fingerprint density at radius 2 is 1.91 bits per heavy atom. The second-order valence-corrected chi connectivity index (χ2v) is 6.52. The molecular formula is C19H20ClNO2. The van der Waals surface area contributed by atoms with Crippen LogP contribution in [0.2, 0.25) is 5.02 Å². The normalized spacial score (nSPS) is 15.5. The Kier molecular flexibility index (Phi) is 4.87. The van der Waals surface area contributed by atoms with Crippen LogP contribution in [0.5, 0.6) is 5.75 Å². The van der Waals surface area contributed by atoms with Crippen LogP contribution in [0.25, 0.3) is 0 Å². The van der Waals surface area contributed by atoms with E-state index in [4.69, 9.17) is 16.3 Å². The second-order valence-electron chi connectivity index (χ2n) is 6.11. The molecule has 3 nitrogen and oxygen atoms in total. The first-order chi connectivity index (χ1) is 11.2. The molecule has 1 saturated carbocycles.